The first-order chi connectivity index (χ1) is 8.34. The van der Waals surface area contributed by atoms with Gasteiger partial charge in [-0.2, -0.15) is 0 Å². The van der Waals surface area contributed by atoms with Crippen molar-refractivity contribution in [3.05, 3.63) is 0 Å². The van der Waals surface area contributed by atoms with Crippen molar-refractivity contribution in [2.24, 2.45) is 0 Å². The predicted molar refractivity (Wildman–Crippen MR) is 73.0 cm³/mol. The molecule has 17 heavy (non-hydrogen) atoms. The Morgan fingerprint density at radius 1 is 0.941 bits per heavy atom. The molecule has 1 saturated heterocycles. The Morgan fingerprint density at radius 3 is 2.06 bits per heavy atom. The molecule has 0 aromatic carbocycles. The zero-order chi connectivity index (χ0) is 12.3. The van der Waals surface area contributed by atoms with Gasteiger partial charge in [0.2, 0.25) is 5.91 Å². The van der Waals surface area contributed by atoms with Crippen LogP contribution in [0, 0.1) is 0 Å². The van der Waals surface area contributed by atoms with E-state index in [1.165, 1.54) is 57.8 Å². The van der Waals surface area contributed by atoms with E-state index in [1.807, 2.05) is 4.90 Å². The quantitative estimate of drug-likeness (QED) is 0.525. The van der Waals surface area contributed by atoms with E-state index in [9.17, 15) is 4.79 Å². The molecule has 2 nitrogen and oxygen atoms in total. The van der Waals surface area contributed by atoms with Crippen LogP contribution in [0.2, 0.25) is 0 Å². The largest absolute Gasteiger partial charge is 0.343 e. The van der Waals surface area contributed by atoms with E-state index in [1.54, 1.807) is 0 Å². The highest BCUT2D eigenvalue weighted by Gasteiger charge is 2.18. The first-order valence-corrected chi connectivity index (χ1v) is 7.62. The minimum atomic E-state index is 0.379. The summed E-state index contributed by atoms with van der Waals surface area (Å²) >= 11 is 0. The molecule has 0 saturated carbocycles. The van der Waals surface area contributed by atoms with E-state index in [0.717, 1.165) is 25.9 Å². The fourth-order valence-corrected chi connectivity index (χ4v) is 2.55. The average Bonchev–Trinajstić information content (AvgIpc) is 2.73. The molecule has 100 valence electrons. The first kappa shape index (κ1) is 14.5. The molecule has 0 radical (unpaired) electrons. The molecule has 0 N–H and O–H groups in total. The van der Waals surface area contributed by atoms with Gasteiger partial charge in [0.05, 0.1) is 0 Å². The lowest BCUT2D eigenvalue weighted by molar-refractivity contribution is -0.127. The average molecular weight is 239 g/mol. The van der Waals surface area contributed by atoms with Crippen LogP contribution in [-0.2, 0) is 4.79 Å². The van der Waals surface area contributed by atoms with Crippen molar-refractivity contribution in [2.75, 3.05) is 13.1 Å². The minimum Gasteiger partial charge on any atom is -0.343 e. The van der Waals surface area contributed by atoms with E-state index in [-0.39, 0.29) is 0 Å². The summed E-state index contributed by atoms with van der Waals surface area (Å²) in [6.07, 6.45) is 14.1. The van der Waals surface area contributed by atoms with Crippen molar-refractivity contribution in [2.45, 2.75) is 77.6 Å². The zero-order valence-corrected chi connectivity index (χ0v) is 11.5. The van der Waals surface area contributed by atoms with Gasteiger partial charge < -0.3 is 4.90 Å². The molecule has 1 heterocycles. The SMILES string of the molecule is CCCCCCCCCCCN1CCCC1=O. The summed E-state index contributed by atoms with van der Waals surface area (Å²) in [5, 5.41) is 0. The van der Waals surface area contributed by atoms with E-state index in [0.29, 0.717) is 5.91 Å². The molecule has 0 atom stereocenters. The Balaban J connectivity index is 1.80. The number of rotatable bonds is 10. The molecule has 0 aromatic rings. The third-order valence-corrected chi connectivity index (χ3v) is 3.70. The molecule has 1 aliphatic heterocycles. The molecular formula is C15H29NO. The molecule has 0 aromatic heterocycles. The molecule has 0 spiro atoms. The normalized spacial score (nSPS) is 15.8. The highest BCUT2D eigenvalue weighted by atomic mass is 16.2. The summed E-state index contributed by atoms with van der Waals surface area (Å²) in [7, 11) is 0. The van der Waals surface area contributed by atoms with E-state index >= 15 is 0 Å². The van der Waals surface area contributed by atoms with E-state index < -0.39 is 0 Å². The van der Waals surface area contributed by atoms with Crippen molar-refractivity contribution < 1.29 is 4.79 Å². The fourth-order valence-electron chi connectivity index (χ4n) is 2.55. The van der Waals surface area contributed by atoms with Crippen molar-refractivity contribution in [3.63, 3.8) is 0 Å². The summed E-state index contributed by atoms with van der Waals surface area (Å²) < 4.78 is 0. The van der Waals surface area contributed by atoms with Gasteiger partial charge in [0.25, 0.3) is 0 Å². The summed E-state index contributed by atoms with van der Waals surface area (Å²) in [6, 6.07) is 0. The van der Waals surface area contributed by atoms with Crippen LogP contribution in [0.25, 0.3) is 0 Å². The minimum absolute atomic E-state index is 0.379. The Bertz CT molecular complexity index is 203. The maximum Gasteiger partial charge on any atom is 0.222 e. The number of amides is 1. The molecule has 0 aliphatic carbocycles. The second kappa shape index (κ2) is 9.49. The van der Waals surface area contributed by atoms with Crippen LogP contribution in [0.1, 0.15) is 77.6 Å². The second-order valence-corrected chi connectivity index (χ2v) is 5.31. The maximum atomic E-state index is 11.4. The highest BCUT2D eigenvalue weighted by Crippen LogP contribution is 2.13. The summed E-state index contributed by atoms with van der Waals surface area (Å²) in [5.74, 6) is 0.379. The Morgan fingerprint density at radius 2 is 1.53 bits per heavy atom. The monoisotopic (exact) mass is 239 g/mol. The van der Waals surface area contributed by atoms with Gasteiger partial charge in [-0.15, -0.1) is 0 Å². The lowest BCUT2D eigenvalue weighted by Crippen LogP contribution is -2.25. The van der Waals surface area contributed by atoms with Gasteiger partial charge in [-0.25, -0.2) is 0 Å². The maximum absolute atomic E-state index is 11.4. The Labute approximate surface area is 107 Å². The van der Waals surface area contributed by atoms with Crippen molar-refractivity contribution >= 4 is 5.91 Å². The Hall–Kier alpha value is -0.530. The summed E-state index contributed by atoms with van der Waals surface area (Å²) in [5.41, 5.74) is 0. The van der Waals surface area contributed by atoms with Crippen LogP contribution in [0.15, 0.2) is 0 Å². The van der Waals surface area contributed by atoms with Crippen molar-refractivity contribution in [3.8, 4) is 0 Å². The van der Waals surface area contributed by atoms with Crippen LogP contribution >= 0.6 is 0 Å². The van der Waals surface area contributed by atoms with E-state index in [2.05, 4.69) is 6.92 Å². The predicted octanol–water partition coefficient (Wildman–Crippen LogP) is 4.14. The molecule has 0 unspecified atom stereocenters. The van der Waals surface area contributed by atoms with Gasteiger partial charge in [0, 0.05) is 19.5 Å². The summed E-state index contributed by atoms with van der Waals surface area (Å²) in [6.45, 7) is 4.28. The van der Waals surface area contributed by atoms with Gasteiger partial charge in [0.15, 0.2) is 0 Å². The van der Waals surface area contributed by atoms with Crippen LogP contribution in [0.3, 0.4) is 0 Å². The standard InChI is InChI=1S/C15H29NO/c1-2-3-4-5-6-7-8-9-10-13-16-14-11-12-15(16)17/h2-14H2,1H3. The van der Waals surface area contributed by atoms with Gasteiger partial charge >= 0.3 is 0 Å². The van der Waals surface area contributed by atoms with Crippen LogP contribution in [0.4, 0.5) is 0 Å². The Kier molecular flexibility index (Phi) is 8.12. The van der Waals surface area contributed by atoms with Gasteiger partial charge in [0.1, 0.15) is 0 Å². The number of carbonyl (C=O) groups excluding carboxylic acids is 1. The smallest absolute Gasteiger partial charge is 0.222 e. The topological polar surface area (TPSA) is 20.3 Å². The van der Waals surface area contributed by atoms with Gasteiger partial charge in [-0.05, 0) is 12.8 Å². The molecule has 1 fully saturated rings. The number of hydrogen-bond donors (Lipinski definition) is 0. The lowest BCUT2D eigenvalue weighted by atomic mass is 10.1. The zero-order valence-electron chi connectivity index (χ0n) is 11.5. The lowest BCUT2D eigenvalue weighted by Gasteiger charge is -2.14. The van der Waals surface area contributed by atoms with Crippen molar-refractivity contribution in [1.29, 1.82) is 0 Å². The third kappa shape index (κ3) is 6.70. The molecule has 0 bridgehead atoms. The molecule has 2 heteroatoms. The van der Waals surface area contributed by atoms with Crippen LogP contribution < -0.4 is 0 Å². The highest BCUT2D eigenvalue weighted by molar-refractivity contribution is 5.77. The second-order valence-electron chi connectivity index (χ2n) is 5.31. The number of hydrogen-bond acceptors (Lipinski definition) is 1. The molecule has 1 rings (SSSR count). The summed E-state index contributed by atoms with van der Waals surface area (Å²) in [4.78, 5) is 13.4. The molecule has 1 aliphatic rings. The van der Waals surface area contributed by atoms with Crippen LogP contribution in [-0.4, -0.2) is 23.9 Å². The fraction of sp³-hybridized carbons (Fsp3) is 0.933. The van der Waals surface area contributed by atoms with Gasteiger partial charge in [-0.1, -0.05) is 58.3 Å². The molecular weight excluding hydrogens is 210 g/mol. The molecule has 1 amide bonds. The first-order valence-electron chi connectivity index (χ1n) is 7.62. The van der Waals surface area contributed by atoms with Crippen molar-refractivity contribution in [1.82, 2.24) is 4.90 Å². The van der Waals surface area contributed by atoms with Crippen LogP contribution in [0.5, 0.6) is 0 Å². The number of carbonyl (C=O) groups is 1. The number of nitrogens with zero attached hydrogens (tertiary/aromatic N) is 1. The van der Waals surface area contributed by atoms with Gasteiger partial charge in [-0.3, -0.25) is 4.79 Å². The van der Waals surface area contributed by atoms with E-state index in [4.69, 9.17) is 0 Å². The number of unbranched alkanes of at least 4 members (excludes halogenated alkanes) is 8. The third-order valence-electron chi connectivity index (χ3n) is 3.70. The number of likely N-dealkylation sites (tertiary alicyclic amines) is 1.